The van der Waals surface area contributed by atoms with Gasteiger partial charge in [-0.2, -0.15) is 0 Å². The Balaban J connectivity index is 2.29. The van der Waals surface area contributed by atoms with Crippen LogP contribution in [0.25, 0.3) is 0 Å². The Kier molecular flexibility index (Phi) is 8.05. The smallest absolute Gasteiger partial charge is 0.264 e. The third-order valence-electron chi connectivity index (χ3n) is 4.57. The molecule has 0 atom stereocenters. The van der Waals surface area contributed by atoms with Gasteiger partial charge in [-0.1, -0.05) is 63.9 Å². The lowest BCUT2D eigenvalue weighted by atomic mass is 10.0. The monoisotopic (exact) mass is 402 g/mol. The van der Waals surface area contributed by atoms with Gasteiger partial charge in [0.25, 0.3) is 10.0 Å². The number of carbonyl (C=O) groups is 1. The highest BCUT2D eigenvalue weighted by atomic mass is 32.2. The number of benzene rings is 2. The zero-order valence-corrected chi connectivity index (χ0v) is 17.7. The summed E-state index contributed by atoms with van der Waals surface area (Å²) >= 11 is 0. The van der Waals surface area contributed by atoms with Crippen molar-refractivity contribution < 1.29 is 13.2 Å². The minimum Gasteiger partial charge on any atom is -0.355 e. The summed E-state index contributed by atoms with van der Waals surface area (Å²) in [7, 11) is -3.85. The van der Waals surface area contributed by atoms with Gasteiger partial charge in [0.1, 0.15) is 6.54 Å². The third-order valence-corrected chi connectivity index (χ3v) is 6.36. The molecular formula is C22H30N2O3S. The van der Waals surface area contributed by atoms with Gasteiger partial charge in [-0.05, 0) is 42.2 Å². The molecule has 0 saturated heterocycles. The molecule has 0 unspecified atom stereocenters. The summed E-state index contributed by atoms with van der Waals surface area (Å²) in [5, 5.41) is 2.83. The van der Waals surface area contributed by atoms with Crippen LogP contribution in [0.4, 0.5) is 5.69 Å². The Hall–Kier alpha value is -2.34. The fourth-order valence-electron chi connectivity index (χ4n) is 2.85. The number of amides is 1. The van der Waals surface area contributed by atoms with Crippen molar-refractivity contribution in [2.75, 3.05) is 17.4 Å². The van der Waals surface area contributed by atoms with Crippen molar-refractivity contribution in [3.05, 3.63) is 60.2 Å². The van der Waals surface area contributed by atoms with Gasteiger partial charge < -0.3 is 5.32 Å². The molecule has 0 heterocycles. The number of sulfonamides is 1. The first-order chi connectivity index (χ1) is 13.4. The highest BCUT2D eigenvalue weighted by molar-refractivity contribution is 7.92. The predicted octanol–water partition coefficient (Wildman–Crippen LogP) is 4.31. The van der Waals surface area contributed by atoms with Gasteiger partial charge in [-0.15, -0.1) is 0 Å². The van der Waals surface area contributed by atoms with Crippen LogP contribution in [-0.4, -0.2) is 27.4 Å². The molecule has 0 fully saturated rings. The van der Waals surface area contributed by atoms with Crippen LogP contribution in [0.2, 0.25) is 0 Å². The van der Waals surface area contributed by atoms with E-state index in [2.05, 4.69) is 26.1 Å². The highest BCUT2D eigenvalue weighted by Gasteiger charge is 2.27. The van der Waals surface area contributed by atoms with E-state index in [1.807, 2.05) is 12.1 Å². The summed E-state index contributed by atoms with van der Waals surface area (Å²) in [6.07, 6.45) is 2.98. The molecule has 5 nitrogen and oxygen atoms in total. The van der Waals surface area contributed by atoms with Crippen LogP contribution in [-0.2, 0) is 14.8 Å². The second-order valence-electron chi connectivity index (χ2n) is 7.13. The number of anilines is 1. The topological polar surface area (TPSA) is 66.5 Å². The minimum atomic E-state index is -3.85. The van der Waals surface area contributed by atoms with E-state index in [1.165, 1.54) is 4.31 Å². The van der Waals surface area contributed by atoms with E-state index < -0.39 is 10.0 Å². The Labute approximate surface area is 168 Å². The summed E-state index contributed by atoms with van der Waals surface area (Å²) in [6, 6.07) is 15.6. The first kappa shape index (κ1) is 22.0. The number of hydrogen-bond acceptors (Lipinski definition) is 3. The molecule has 0 aliphatic heterocycles. The fraction of sp³-hybridized carbons (Fsp3) is 0.409. The molecule has 0 saturated carbocycles. The maximum absolute atomic E-state index is 13.2. The molecule has 2 aromatic carbocycles. The maximum atomic E-state index is 13.2. The van der Waals surface area contributed by atoms with Crippen molar-refractivity contribution in [2.24, 2.45) is 0 Å². The van der Waals surface area contributed by atoms with Gasteiger partial charge in [0, 0.05) is 6.54 Å². The quantitative estimate of drug-likeness (QED) is 0.602. The lowest BCUT2D eigenvalue weighted by Gasteiger charge is -2.24. The molecule has 0 spiro atoms. The van der Waals surface area contributed by atoms with Crippen LogP contribution in [0.3, 0.4) is 0 Å². The van der Waals surface area contributed by atoms with E-state index in [0.717, 1.165) is 24.8 Å². The van der Waals surface area contributed by atoms with Crippen molar-refractivity contribution in [3.63, 3.8) is 0 Å². The fourth-order valence-corrected chi connectivity index (χ4v) is 4.29. The number of nitrogens with zero attached hydrogens (tertiary/aromatic N) is 1. The van der Waals surface area contributed by atoms with E-state index in [9.17, 15) is 13.2 Å². The number of rotatable bonds is 10. The normalized spacial score (nSPS) is 11.4. The molecule has 0 aromatic heterocycles. The van der Waals surface area contributed by atoms with E-state index in [4.69, 9.17) is 0 Å². The van der Waals surface area contributed by atoms with E-state index in [-0.39, 0.29) is 17.3 Å². The molecule has 6 heteroatoms. The van der Waals surface area contributed by atoms with Gasteiger partial charge in [0.15, 0.2) is 0 Å². The molecule has 2 aromatic rings. The molecule has 1 amide bonds. The van der Waals surface area contributed by atoms with Crippen LogP contribution in [0, 0.1) is 0 Å². The second kappa shape index (κ2) is 10.3. The molecule has 152 valence electrons. The van der Waals surface area contributed by atoms with Crippen LogP contribution < -0.4 is 9.62 Å². The van der Waals surface area contributed by atoms with Crippen LogP contribution in [0.15, 0.2) is 59.5 Å². The van der Waals surface area contributed by atoms with Crippen molar-refractivity contribution in [1.29, 1.82) is 0 Å². The number of hydrogen-bond donors (Lipinski definition) is 1. The molecule has 0 aliphatic rings. The van der Waals surface area contributed by atoms with Crippen LogP contribution in [0.1, 0.15) is 51.5 Å². The van der Waals surface area contributed by atoms with E-state index >= 15 is 0 Å². The summed E-state index contributed by atoms with van der Waals surface area (Å²) < 4.78 is 27.6. The first-order valence-corrected chi connectivity index (χ1v) is 11.2. The summed E-state index contributed by atoms with van der Waals surface area (Å²) in [5.41, 5.74) is 1.60. The van der Waals surface area contributed by atoms with Gasteiger partial charge in [-0.3, -0.25) is 9.10 Å². The zero-order valence-electron chi connectivity index (χ0n) is 16.9. The highest BCUT2D eigenvalue weighted by Crippen LogP contribution is 2.25. The van der Waals surface area contributed by atoms with Gasteiger partial charge in [0.05, 0.1) is 10.6 Å². The first-order valence-electron chi connectivity index (χ1n) is 9.80. The molecule has 0 bridgehead atoms. The van der Waals surface area contributed by atoms with Gasteiger partial charge in [0.2, 0.25) is 5.91 Å². The van der Waals surface area contributed by atoms with Crippen LogP contribution in [0.5, 0.6) is 0 Å². The standard InChI is InChI=1S/C22H30N2O3S/c1-4-5-9-16-23-22(25)17-24(20-14-12-19(13-15-20)18(2)3)28(26,27)21-10-7-6-8-11-21/h6-8,10-15,18H,4-5,9,16-17H2,1-3H3,(H,23,25). The molecule has 28 heavy (non-hydrogen) atoms. The Bertz CT molecular complexity index is 847. The largest absolute Gasteiger partial charge is 0.355 e. The lowest BCUT2D eigenvalue weighted by molar-refractivity contribution is -0.119. The average Bonchev–Trinajstić information content (AvgIpc) is 2.70. The summed E-state index contributed by atoms with van der Waals surface area (Å²) in [6.45, 7) is 6.56. The third kappa shape index (κ3) is 5.83. The molecule has 1 N–H and O–H groups in total. The van der Waals surface area contributed by atoms with Crippen molar-refractivity contribution in [2.45, 2.75) is 50.8 Å². The number of nitrogens with one attached hydrogen (secondary N) is 1. The Morgan fingerprint density at radius 3 is 2.21 bits per heavy atom. The van der Waals surface area contributed by atoms with Crippen molar-refractivity contribution in [3.8, 4) is 0 Å². The average molecular weight is 403 g/mol. The maximum Gasteiger partial charge on any atom is 0.264 e. The molecular weight excluding hydrogens is 372 g/mol. The Morgan fingerprint density at radius 1 is 1.00 bits per heavy atom. The molecule has 2 rings (SSSR count). The van der Waals surface area contributed by atoms with E-state index in [1.54, 1.807) is 42.5 Å². The second-order valence-corrected chi connectivity index (χ2v) is 8.99. The number of carbonyl (C=O) groups excluding carboxylic acids is 1. The SMILES string of the molecule is CCCCCNC(=O)CN(c1ccc(C(C)C)cc1)S(=O)(=O)c1ccccc1. The Morgan fingerprint density at radius 2 is 1.64 bits per heavy atom. The van der Waals surface area contributed by atoms with Gasteiger partial charge in [-0.25, -0.2) is 8.42 Å². The minimum absolute atomic E-state index is 0.168. The molecule has 0 radical (unpaired) electrons. The van der Waals surface area contributed by atoms with E-state index in [0.29, 0.717) is 18.2 Å². The van der Waals surface area contributed by atoms with Crippen molar-refractivity contribution >= 4 is 21.6 Å². The van der Waals surface area contributed by atoms with Crippen LogP contribution >= 0.6 is 0 Å². The zero-order chi connectivity index (χ0) is 20.6. The summed E-state index contributed by atoms with van der Waals surface area (Å²) in [5.74, 6) is 0.0404. The van der Waals surface area contributed by atoms with Gasteiger partial charge >= 0.3 is 0 Å². The summed E-state index contributed by atoms with van der Waals surface area (Å²) in [4.78, 5) is 12.6. The number of unbranched alkanes of at least 4 members (excludes halogenated alkanes) is 2. The molecule has 0 aliphatic carbocycles. The lowest BCUT2D eigenvalue weighted by Crippen LogP contribution is -2.41. The van der Waals surface area contributed by atoms with Crippen molar-refractivity contribution in [1.82, 2.24) is 5.32 Å². The predicted molar refractivity (Wildman–Crippen MR) is 114 cm³/mol.